The predicted molar refractivity (Wildman–Crippen MR) is 52.4 cm³/mol. The minimum absolute atomic E-state index is 0.371. The van der Waals surface area contributed by atoms with Gasteiger partial charge in [0.05, 0.1) is 6.61 Å². The van der Waals surface area contributed by atoms with Gasteiger partial charge in [-0.05, 0) is 0 Å². The zero-order valence-electron chi connectivity index (χ0n) is 9.16. The van der Waals surface area contributed by atoms with Crippen molar-refractivity contribution in [2.75, 3.05) is 13.7 Å². The van der Waals surface area contributed by atoms with E-state index in [0.29, 0.717) is 0 Å². The van der Waals surface area contributed by atoms with Gasteiger partial charge in [-0.15, -0.1) is 0 Å². The van der Waals surface area contributed by atoms with Gasteiger partial charge < -0.3 is 30.1 Å². The van der Waals surface area contributed by atoms with Gasteiger partial charge in [-0.25, -0.2) is 0 Å². The van der Waals surface area contributed by atoms with Gasteiger partial charge in [0.25, 0.3) is 0 Å². The Kier molecular flexibility index (Phi) is 4.63. The van der Waals surface area contributed by atoms with Crippen LogP contribution in [-0.2, 0) is 14.3 Å². The van der Waals surface area contributed by atoms with Gasteiger partial charge in [0.15, 0.2) is 6.29 Å². The van der Waals surface area contributed by atoms with Crippen LogP contribution in [0.2, 0.25) is 0 Å². The number of carbonyl (C=O) groups excluding carboxylic acids is 1. The number of nitrogens with one attached hydrogen (secondary N) is 1. The first kappa shape index (κ1) is 13.3. The maximum Gasteiger partial charge on any atom is 0.217 e. The summed E-state index contributed by atoms with van der Waals surface area (Å²) in [6.07, 6.45) is -4.35. The molecule has 1 aliphatic rings. The number of aliphatic hydroxyl groups excluding tert-OH is 3. The summed E-state index contributed by atoms with van der Waals surface area (Å²) in [4.78, 5) is 10.9. The van der Waals surface area contributed by atoms with E-state index >= 15 is 0 Å². The number of methoxy groups -OCH3 is 1. The number of aliphatic hydroxyl groups is 3. The lowest BCUT2D eigenvalue weighted by Gasteiger charge is -2.41. The smallest absolute Gasteiger partial charge is 0.217 e. The third-order valence-electron chi connectivity index (χ3n) is 2.48. The van der Waals surface area contributed by atoms with E-state index < -0.39 is 37.3 Å². The molecule has 0 aromatic carbocycles. The highest BCUT2D eigenvalue weighted by atomic mass is 16.7. The van der Waals surface area contributed by atoms with Gasteiger partial charge in [0.2, 0.25) is 5.91 Å². The maximum atomic E-state index is 10.9. The van der Waals surface area contributed by atoms with Crippen molar-refractivity contribution >= 4 is 5.91 Å². The highest BCUT2D eigenvalue weighted by Crippen LogP contribution is 2.21. The summed E-state index contributed by atoms with van der Waals surface area (Å²) < 4.78 is 10.1. The lowest BCUT2D eigenvalue weighted by molar-refractivity contribution is -0.262. The molecule has 4 N–H and O–H groups in total. The number of hydrogen-bond acceptors (Lipinski definition) is 6. The summed E-state index contributed by atoms with van der Waals surface area (Å²) in [5, 5.41) is 30.7. The normalized spacial score (nSPS) is 39.4. The topological polar surface area (TPSA) is 108 Å². The molecule has 0 spiro atoms. The average molecular weight is 235 g/mol. The van der Waals surface area contributed by atoms with Crippen molar-refractivity contribution in [3.8, 4) is 0 Å². The van der Waals surface area contributed by atoms with E-state index in [4.69, 9.17) is 14.6 Å². The van der Waals surface area contributed by atoms with Crippen LogP contribution in [0.4, 0.5) is 0 Å². The van der Waals surface area contributed by atoms with Gasteiger partial charge in [-0.1, -0.05) is 0 Å². The highest BCUT2D eigenvalue weighted by molar-refractivity contribution is 5.73. The van der Waals surface area contributed by atoms with Crippen LogP contribution in [0, 0.1) is 0 Å². The maximum absolute atomic E-state index is 10.9. The molecular formula is C9H17NO6. The Morgan fingerprint density at radius 2 is 2.06 bits per heavy atom. The van der Waals surface area contributed by atoms with Gasteiger partial charge in [-0.3, -0.25) is 4.79 Å². The van der Waals surface area contributed by atoms with Crippen LogP contribution < -0.4 is 5.32 Å². The lowest BCUT2D eigenvalue weighted by atomic mass is 9.97. The van der Waals surface area contributed by atoms with Gasteiger partial charge >= 0.3 is 0 Å². The first-order valence-corrected chi connectivity index (χ1v) is 4.93. The van der Waals surface area contributed by atoms with Crippen molar-refractivity contribution in [1.29, 1.82) is 0 Å². The third kappa shape index (κ3) is 2.69. The van der Waals surface area contributed by atoms with Crippen molar-refractivity contribution in [3.63, 3.8) is 0 Å². The first-order valence-electron chi connectivity index (χ1n) is 4.93. The molecule has 1 amide bonds. The number of rotatable bonds is 3. The highest BCUT2D eigenvalue weighted by Gasteiger charge is 2.44. The van der Waals surface area contributed by atoms with Crippen molar-refractivity contribution in [1.82, 2.24) is 5.32 Å². The summed E-state index contributed by atoms with van der Waals surface area (Å²) in [6.45, 7) is 0.842. The van der Waals surface area contributed by atoms with Gasteiger partial charge in [-0.2, -0.15) is 0 Å². The summed E-state index contributed by atoms with van der Waals surface area (Å²) in [5.74, 6) is -0.371. The molecule has 7 heteroatoms. The minimum Gasteiger partial charge on any atom is -0.394 e. The Bertz CT molecular complexity index is 246. The van der Waals surface area contributed by atoms with Crippen LogP contribution in [-0.4, -0.2) is 65.6 Å². The largest absolute Gasteiger partial charge is 0.394 e. The van der Waals surface area contributed by atoms with Crippen LogP contribution in [0.15, 0.2) is 0 Å². The van der Waals surface area contributed by atoms with Crippen molar-refractivity contribution in [2.24, 2.45) is 0 Å². The number of carbonyl (C=O) groups is 1. The Labute approximate surface area is 93.0 Å². The van der Waals surface area contributed by atoms with Gasteiger partial charge in [0, 0.05) is 14.0 Å². The standard InChI is InChI=1S/C9H17NO6/c1-4(12)10-6-8(14)7(13)5(3-11)16-9(6)15-2/h5-9,11,13-14H,3H2,1-2H3,(H,10,12)/t5-,6+,7-,8+,9+/m1/s1. The van der Waals surface area contributed by atoms with E-state index in [2.05, 4.69) is 5.32 Å². The van der Waals surface area contributed by atoms with E-state index in [9.17, 15) is 15.0 Å². The Balaban J connectivity index is 2.77. The zero-order valence-corrected chi connectivity index (χ0v) is 9.16. The third-order valence-corrected chi connectivity index (χ3v) is 2.48. The SMILES string of the molecule is CO[C@H]1O[C@H](CO)[C@@H](O)[C@@H](O)[C@@H]1NC(C)=O. The van der Waals surface area contributed by atoms with Crippen LogP contribution >= 0.6 is 0 Å². The summed E-state index contributed by atoms with van der Waals surface area (Å²) in [6, 6.07) is -0.861. The monoisotopic (exact) mass is 235 g/mol. The Morgan fingerprint density at radius 1 is 1.44 bits per heavy atom. The molecule has 7 nitrogen and oxygen atoms in total. The summed E-state index contributed by atoms with van der Waals surface area (Å²) in [5.41, 5.74) is 0. The predicted octanol–water partition coefficient (Wildman–Crippen LogP) is -2.42. The molecule has 1 saturated heterocycles. The van der Waals surface area contributed by atoms with Gasteiger partial charge in [0.1, 0.15) is 24.4 Å². The lowest BCUT2D eigenvalue weighted by Crippen LogP contribution is -2.64. The molecule has 0 aromatic heterocycles. The molecule has 0 saturated carbocycles. The molecule has 0 unspecified atom stereocenters. The summed E-state index contributed by atoms with van der Waals surface area (Å²) >= 11 is 0. The molecule has 1 heterocycles. The molecule has 5 atom stereocenters. The van der Waals surface area contributed by atoms with Crippen LogP contribution in [0.3, 0.4) is 0 Å². The van der Waals surface area contributed by atoms with E-state index in [1.54, 1.807) is 0 Å². The molecule has 16 heavy (non-hydrogen) atoms. The van der Waals surface area contributed by atoms with Crippen LogP contribution in [0.1, 0.15) is 6.92 Å². The molecule has 1 rings (SSSR count). The Morgan fingerprint density at radius 3 is 2.50 bits per heavy atom. The van der Waals surface area contributed by atoms with E-state index in [0.717, 1.165) is 0 Å². The molecule has 0 aromatic rings. The van der Waals surface area contributed by atoms with E-state index in [1.807, 2.05) is 0 Å². The minimum atomic E-state index is -1.27. The number of ether oxygens (including phenoxy) is 2. The second-order valence-corrected chi connectivity index (χ2v) is 3.67. The Hall–Kier alpha value is -0.730. The van der Waals surface area contributed by atoms with Crippen LogP contribution in [0.25, 0.3) is 0 Å². The molecule has 94 valence electrons. The molecule has 1 fully saturated rings. The molecule has 0 bridgehead atoms. The van der Waals surface area contributed by atoms with Crippen LogP contribution in [0.5, 0.6) is 0 Å². The fraction of sp³-hybridized carbons (Fsp3) is 0.889. The first-order chi connectivity index (χ1) is 7.51. The number of amides is 1. The fourth-order valence-electron chi connectivity index (χ4n) is 1.67. The quantitative estimate of drug-likeness (QED) is 0.433. The van der Waals surface area contributed by atoms with Crippen molar-refractivity contribution in [2.45, 2.75) is 37.6 Å². The van der Waals surface area contributed by atoms with Crippen molar-refractivity contribution in [3.05, 3.63) is 0 Å². The van der Waals surface area contributed by atoms with Crippen molar-refractivity contribution < 1.29 is 29.6 Å². The molecule has 0 radical (unpaired) electrons. The van der Waals surface area contributed by atoms with E-state index in [1.165, 1.54) is 14.0 Å². The second kappa shape index (κ2) is 5.55. The summed E-state index contributed by atoms with van der Waals surface area (Å²) in [7, 11) is 1.35. The fourth-order valence-corrected chi connectivity index (χ4v) is 1.67. The number of hydrogen-bond donors (Lipinski definition) is 4. The molecule has 0 aliphatic carbocycles. The average Bonchev–Trinajstić information content (AvgIpc) is 2.25. The zero-order chi connectivity index (χ0) is 12.3. The van der Waals surface area contributed by atoms with E-state index in [-0.39, 0.29) is 5.91 Å². The second-order valence-electron chi connectivity index (χ2n) is 3.67. The molecular weight excluding hydrogens is 218 g/mol. The molecule has 1 aliphatic heterocycles.